The van der Waals surface area contributed by atoms with Gasteiger partial charge in [-0.3, -0.25) is 9.69 Å². The van der Waals surface area contributed by atoms with E-state index in [2.05, 4.69) is 5.32 Å². The Morgan fingerprint density at radius 3 is 2.30 bits per heavy atom. The number of carbonyl (C=O) groups is 1. The Bertz CT molecular complexity index is 876. The number of furan rings is 1. The van der Waals surface area contributed by atoms with E-state index in [1.807, 2.05) is 47.4 Å². The van der Waals surface area contributed by atoms with Gasteiger partial charge in [-0.2, -0.15) is 0 Å². The summed E-state index contributed by atoms with van der Waals surface area (Å²) in [7, 11) is 0. The van der Waals surface area contributed by atoms with Gasteiger partial charge in [-0.25, -0.2) is 0 Å². The number of hydrogen-bond donors (Lipinski definition) is 1. The second kappa shape index (κ2) is 9.29. The number of hydrogen-bond acceptors (Lipinski definition) is 3. The molecule has 0 aliphatic heterocycles. The van der Waals surface area contributed by atoms with Crippen LogP contribution in [0.2, 0.25) is 15.1 Å². The third kappa shape index (κ3) is 5.75. The molecule has 7 heteroatoms. The van der Waals surface area contributed by atoms with Crippen molar-refractivity contribution in [3.63, 3.8) is 0 Å². The summed E-state index contributed by atoms with van der Waals surface area (Å²) < 4.78 is 5.42. The van der Waals surface area contributed by atoms with E-state index in [-0.39, 0.29) is 12.5 Å². The first-order chi connectivity index (χ1) is 13.0. The maximum atomic E-state index is 12.6. The quantitative estimate of drug-likeness (QED) is 0.516. The van der Waals surface area contributed by atoms with Crippen molar-refractivity contribution in [3.8, 4) is 0 Å². The Morgan fingerprint density at radius 2 is 1.67 bits per heavy atom. The molecule has 0 fully saturated rings. The van der Waals surface area contributed by atoms with Crippen LogP contribution in [-0.4, -0.2) is 17.4 Å². The fraction of sp³-hybridized carbons (Fsp3) is 0.150. The summed E-state index contributed by atoms with van der Waals surface area (Å²) in [5.41, 5.74) is 1.45. The molecule has 0 bridgehead atoms. The van der Waals surface area contributed by atoms with Crippen LogP contribution in [0.5, 0.6) is 0 Å². The van der Waals surface area contributed by atoms with E-state index in [1.54, 1.807) is 6.26 Å². The molecule has 0 atom stereocenters. The smallest absolute Gasteiger partial charge is 0.238 e. The van der Waals surface area contributed by atoms with Crippen LogP contribution in [0.1, 0.15) is 11.3 Å². The van der Waals surface area contributed by atoms with E-state index in [1.165, 1.54) is 12.1 Å². The lowest BCUT2D eigenvalue weighted by Crippen LogP contribution is -2.32. The van der Waals surface area contributed by atoms with Gasteiger partial charge in [0.1, 0.15) is 5.76 Å². The Kier molecular flexibility index (Phi) is 6.80. The lowest BCUT2D eigenvalue weighted by molar-refractivity contribution is -0.117. The predicted octanol–water partition coefficient (Wildman–Crippen LogP) is 5.88. The molecular formula is C20H17Cl3N2O2. The summed E-state index contributed by atoms with van der Waals surface area (Å²) in [6, 6.07) is 16.7. The summed E-state index contributed by atoms with van der Waals surface area (Å²) in [5.74, 6) is 0.546. The van der Waals surface area contributed by atoms with Crippen LogP contribution in [0.4, 0.5) is 5.69 Å². The fourth-order valence-corrected chi connectivity index (χ4v) is 3.59. The van der Waals surface area contributed by atoms with Crippen molar-refractivity contribution in [1.82, 2.24) is 4.90 Å². The Balaban J connectivity index is 1.72. The van der Waals surface area contributed by atoms with Crippen molar-refractivity contribution >= 4 is 46.4 Å². The van der Waals surface area contributed by atoms with Gasteiger partial charge in [0.05, 0.1) is 35.1 Å². The van der Waals surface area contributed by atoms with Gasteiger partial charge >= 0.3 is 0 Å². The van der Waals surface area contributed by atoms with Crippen LogP contribution in [0.25, 0.3) is 0 Å². The lowest BCUT2D eigenvalue weighted by atomic mass is 10.2. The molecule has 0 aliphatic carbocycles. The van der Waals surface area contributed by atoms with Crippen molar-refractivity contribution in [3.05, 3.63) is 87.3 Å². The average Bonchev–Trinajstić information content (AvgIpc) is 3.12. The summed E-state index contributed by atoms with van der Waals surface area (Å²) in [5, 5.41) is 3.76. The van der Waals surface area contributed by atoms with Crippen LogP contribution in [0, 0.1) is 0 Å². The standard InChI is InChI=1S/C20H17Cl3N2O2/c21-15-9-17(22)20(18(23)10-15)24-19(26)13-25(12-16-7-4-8-27-16)11-14-5-2-1-3-6-14/h1-10H,11-13H2,(H,24,26). The number of benzene rings is 2. The number of nitrogens with zero attached hydrogens (tertiary/aromatic N) is 1. The number of nitrogens with one attached hydrogen (secondary N) is 1. The van der Waals surface area contributed by atoms with Crippen molar-refractivity contribution in [2.45, 2.75) is 13.1 Å². The summed E-state index contributed by atoms with van der Waals surface area (Å²) in [6.45, 7) is 1.24. The highest BCUT2D eigenvalue weighted by molar-refractivity contribution is 6.42. The normalized spacial score (nSPS) is 11.0. The maximum Gasteiger partial charge on any atom is 0.238 e. The zero-order valence-corrected chi connectivity index (χ0v) is 16.6. The third-order valence-corrected chi connectivity index (χ3v) is 4.66. The SMILES string of the molecule is O=C(CN(Cc1ccccc1)Cc1ccco1)Nc1c(Cl)cc(Cl)cc1Cl. The number of halogens is 3. The van der Waals surface area contributed by atoms with E-state index in [0.717, 1.165) is 11.3 Å². The molecule has 1 N–H and O–H groups in total. The van der Waals surface area contributed by atoms with Gasteiger partial charge in [0.15, 0.2) is 0 Å². The molecule has 140 valence electrons. The predicted molar refractivity (Wildman–Crippen MR) is 109 cm³/mol. The van der Waals surface area contributed by atoms with E-state index in [9.17, 15) is 4.79 Å². The van der Waals surface area contributed by atoms with Gasteiger partial charge in [-0.05, 0) is 29.8 Å². The fourth-order valence-electron chi connectivity index (χ4n) is 2.68. The Hall–Kier alpha value is -1.98. The minimum atomic E-state index is -0.233. The highest BCUT2D eigenvalue weighted by Crippen LogP contribution is 2.33. The average molecular weight is 424 g/mol. The largest absolute Gasteiger partial charge is 0.468 e. The number of amides is 1. The van der Waals surface area contributed by atoms with E-state index in [0.29, 0.717) is 33.8 Å². The highest BCUT2D eigenvalue weighted by Gasteiger charge is 2.16. The molecule has 3 rings (SSSR count). The Labute approximate surface area is 172 Å². The minimum Gasteiger partial charge on any atom is -0.468 e. The first-order valence-electron chi connectivity index (χ1n) is 8.24. The van der Waals surface area contributed by atoms with Crippen LogP contribution >= 0.6 is 34.8 Å². The van der Waals surface area contributed by atoms with Crippen molar-refractivity contribution in [2.24, 2.45) is 0 Å². The number of carbonyl (C=O) groups excluding carboxylic acids is 1. The number of anilines is 1. The van der Waals surface area contributed by atoms with Gasteiger partial charge < -0.3 is 9.73 Å². The zero-order valence-electron chi connectivity index (χ0n) is 14.3. The molecule has 3 aromatic rings. The first kappa shape index (κ1) is 19.8. The van der Waals surface area contributed by atoms with Crippen LogP contribution in [-0.2, 0) is 17.9 Å². The van der Waals surface area contributed by atoms with E-state index >= 15 is 0 Å². The van der Waals surface area contributed by atoms with Crippen molar-refractivity contribution in [2.75, 3.05) is 11.9 Å². The van der Waals surface area contributed by atoms with Gasteiger partial charge in [-0.15, -0.1) is 0 Å². The van der Waals surface area contributed by atoms with Gasteiger partial charge in [0, 0.05) is 11.6 Å². The molecule has 0 unspecified atom stereocenters. The summed E-state index contributed by atoms with van der Waals surface area (Å²) in [4.78, 5) is 14.6. The topological polar surface area (TPSA) is 45.5 Å². The maximum absolute atomic E-state index is 12.6. The molecule has 0 saturated carbocycles. The second-order valence-electron chi connectivity index (χ2n) is 6.00. The highest BCUT2D eigenvalue weighted by atomic mass is 35.5. The Morgan fingerprint density at radius 1 is 0.963 bits per heavy atom. The molecule has 1 amide bonds. The summed E-state index contributed by atoms with van der Waals surface area (Å²) >= 11 is 18.2. The molecule has 0 radical (unpaired) electrons. The van der Waals surface area contributed by atoms with Crippen molar-refractivity contribution < 1.29 is 9.21 Å². The van der Waals surface area contributed by atoms with E-state index in [4.69, 9.17) is 39.2 Å². The lowest BCUT2D eigenvalue weighted by Gasteiger charge is -2.21. The second-order valence-corrected chi connectivity index (χ2v) is 7.25. The molecule has 4 nitrogen and oxygen atoms in total. The minimum absolute atomic E-state index is 0.144. The molecule has 0 aliphatic rings. The first-order valence-corrected chi connectivity index (χ1v) is 9.37. The van der Waals surface area contributed by atoms with E-state index < -0.39 is 0 Å². The molecular weight excluding hydrogens is 407 g/mol. The van der Waals surface area contributed by atoms with Gasteiger partial charge in [0.25, 0.3) is 0 Å². The molecule has 1 heterocycles. The van der Waals surface area contributed by atoms with Gasteiger partial charge in [0.2, 0.25) is 5.91 Å². The molecule has 1 aromatic heterocycles. The monoisotopic (exact) mass is 422 g/mol. The molecule has 0 spiro atoms. The zero-order chi connectivity index (χ0) is 19.2. The molecule has 2 aromatic carbocycles. The van der Waals surface area contributed by atoms with Crippen LogP contribution in [0.15, 0.2) is 65.3 Å². The number of rotatable bonds is 7. The van der Waals surface area contributed by atoms with Crippen LogP contribution in [0.3, 0.4) is 0 Å². The molecule has 27 heavy (non-hydrogen) atoms. The van der Waals surface area contributed by atoms with Crippen molar-refractivity contribution in [1.29, 1.82) is 0 Å². The molecule has 0 saturated heterocycles. The van der Waals surface area contributed by atoms with Crippen LogP contribution < -0.4 is 5.32 Å². The van der Waals surface area contributed by atoms with Gasteiger partial charge in [-0.1, -0.05) is 65.1 Å². The summed E-state index contributed by atoms with van der Waals surface area (Å²) in [6.07, 6.45) is 1.61. The third-order valence-electron chi connectivity index (χ3n) is 3.85.